The molecule has 7 heteroatoms. The smallest absolute Gasteiger partial charge is 0.371 e. The Morgan fingerprint density at radius 2 is 2.00 bits per heavy atom. The standard InChI is InChI=1S/C12H17NO.C2H7O4P/c1-10-12(14-9-8-13(10)2)11-6-4-3-5-7-11;1-2-6-7(3,4)5/h3-7,10,12H,8-9H2,1-2H3;2H2,1H3,(H2,3,4,5). The van der Waals surface area contributed by atoms with E-state index >= 15 is 0 Å². The van der Waals surface area contributed by atoms with Crippen LogP contribution in [-0.2, 0) is 13.8 Å². The van der Waals surface area contributed by atoms with Crippen LogP contribution in [0.4, 0.5) is 0 Å². The Labute approximate surface area is 125 Å². The number of hydrogen-bond acceptors (Lipinski definition) is 4. The molecule has 0 amide bonds. The number of likely N-dealkylation sites (N-methyl/N-ethyl adjacent to an activating group) is 1. The van der Waals surface area contributed by atoms with E-state index < -0.39 is 7.82 Å². The molecule has 0 aliphatic carbocycles. The number of rotatable bonds is 3. The predicted molar refractivity (Wildman–Crippen MR) is 80.9 cm³/mol. The summed E-state index contributed by atoms with van der Waals surface area (Å²) in [6, 6.07) is 10.9. The van der Waals surface area contributed by atoms with Gasteiger partial charge in [0.15, 0.2) is 0 Å². The number of phosphoric acid groups is 1. The minimum absolute atomic E-state index is 0.0459. The minimum atomic E-state index is -4.17. The second-order valence-corrected chi connectivity index (χ2v) is 6.07. The molecule has 21 heavy (non-hydrogen) atoms. The van der Waals surface area contributed by atoms with Crippen LogP contribution in [0.1, 0.15) is 25.5 Å². The van der Waals surface area contributed by atoms with Crippen molar-refractivity contribution in [1.29, 1.82) is 0 Å². The zero-order valence-electron chi connectivity index (χ0n) is 12.7. The summed E-state index contributed by atoms with van der Waals surface area (Å²) in [5.74, 6) is 0. The fourth-order valence-corrected chi connectivity index (χ4v) is 2.42. The number of hydrogen-bond donors (Lipinski definition) is 2. The van der Waals surface area contributed by atoms with E-state index in [0.717, 1.165) is 13.2 Å². The largest absolute Gasteiger partial charge is 0.469 e. The molecule has 0 spiro atoms. The first-order valence-corrected chi connectivity index (χ1v) is 8.45. The molecule has 2 unspecified atom stereocenters. The molecule has 6 nitrogen and oxygen atoms in total. The van der Waals surface area contributed by atoms with Gasteiger partial charge in [0.05, 0.1) is 19.3 Å². The molecular weight excluding hydrogens is 293 g/mol. The van der Waals surface area contributed by atoms with Crippen LogP contribution in [0.2, 0.25) is 0 Å². The highest BCUT2D eigenvalue weighted by atomic mass is 31.2. The Hall–Kier alpha value is -0.750. The molecule has 0 aromatic heterocycles. The third-order valence-corrected chi connectivity index (χ3v) is 3.89. The molecule has 0 radical (unpaired) electrons. The maximum absolute atomic E-state index is 9.70. The number of phosphoric ester groups is 1. The number of benzene rings is 1. The molecule has 1 heterocycles. The molecule has 1 saturated heterocycles. The van der Waals surface area contributed by atoms with Crippen molar-refractivity contribution in [2.75, 3.05) is 26.8 Å². The van der Waals surface area contributed by atoms with Crippen LogP contribution < -0.4 is 0 Å². The third-order valence-electron chi connectivity index (χ3n) is 3.30. The summed E-state index contributed by atoms with van der Waals surface area (Å²) in [7, 11) is -2.01. The van der Waals surface area contributed by atoms with Crippen molar-refractivity contribution in [2.45, 2.75) is 26.0 Å². The Kier molecular flexibility index (Phi) is 7.52. The van der Waals surface area contributed by atoms with E-state index in [-0.39, 0.29) is 12.7 Å². The lowest BCUT2D eigenvalue weighted by molar-refractivity contribution is -0.0571. The Morgan fingerprint density at radius 3 is 2.48 bits per heavy atom. The number of nitrogens with zero attached hydrogens (tertiary/aromatic N) is 1. The van der Waals surface area contributed by atoms with E-state index in [1.54, 1.807) is 0 Å². The zero-order valence-corrected chi connectivity index (χ0v) is 13.6. The highest BCUT2D eigenvalue weighted by molar-refractivity contribution is 7.46. The van der Waals surface area contributed by atoms with Gasteiger partial charge in [-0.2, -0.15) is 0 Å². The topological polar surface area (TPSA) is 79.2 Å². The van der Waals surface area contributed by atoms with Gasteiger partial charge in [-0.3, -0.25) is 9.42 Å². The van der Waals surface area contributed by atoms with Gasteiger partial charge in [0, 0.05) is 12.6 Å². The van der Waals surface area contributed by atoms with E-state index in [1.165, 1.54) is 12.5 Å². The summed E-state index contributed by atoms with van der Waals surface area (Å²) in [5, 5.41) is 0. The summed E-state index contributed by atoms with van der Waals surface area (Å²) in [5.41, 5.74) is 1.28. The fourth-order valence-electron chi connectivity index (χ4n) is 2.08. The summed E-state index contributed by atoms with van der Waals surface area (Å²) < 4.78 is 19.4. The maximum atomic E-state index is 9.70. The zero-order chi connectivity index (χ0) is 15.9. The summed E-state index contributed by atoms with van der Waals surface area (Å²) >= 11 is 0. The first kappa shape index (κ1) is 18.3. The normalized spacial score (nSPS) is 23.3. The van der Waals surface area contributed by atoms with Crippen LogP contribution in [0.25, 0.3) is 0 Å². The van der Waals surface area contributed by atoms with Gasteiger partial charge in [-0.1, -0.05) is 30.3 Å². The molecule has 2 N–H and O–H groups in total. The van der Waals surface area contributed by atoms with Gasteiger partial charge < -0.3 is 14.5 Å². The van der Waals surface area contributed by atoms with Crippen LogP contribution in [0, 0.1) is 0 Å². The van der Waals surface area contributed by atoms with Crippen molar-refractivity contribution in [1.82, 2.24) is 4.90 Å². The van der Waals surface area contributed by atoms with Crippen molar-refractivity contribution >= 4 is 7.82 Å². The van der Waals surface area contributed by atoms with Gasteiger partial charge in [0.1, 0.15) is 0 Å². The van der Waals surface area contributed by atoms with Gasteiger partial charge in [-0.15, -0.1) is 0 Å². The molecule has 1 aromatic rings. The lowest BCUT2D eigenvalue weighted by atomic mass is 10.0. The SMILES string of the molecule is CC1C(c2ccccc2)OCCN1C.CCOP(=O)(O)O. The monoisotopic (exact) mass is 317 g/mol. The average Bonchev–Trinajstić information content (AvgIpc) is 2.42. The molecule has 0 bridgehead atoms. The molecule has 1 aliphatic rings. The van der Waals surface area contributed by atoms with Crippen LogP contribution in [-0.4, -0.2) is 47.5 Å². The molecule has 1 aliphatic heterocycles. The van der Waals surface area contributed by atoms with Crippen LogP contribution in [0.5, 0.6) is 0 Å². The third kappa shape index (κ3) is 6.70. The van der Waals surface area contributed by atoms with Crippen LogP contribution >= 0.6 is 7.82 Å². The van der Waals surface area contributed by atoms with E-state index in [0.29, 0.717) is 6.04 Å². The molecule has 1 fully saturated rings. The van der Waals surface area contributed by atoms with Crippen molar-refractivity contribution in [2.24, 2.45) is 0 Å². The van der Waals surface area contributed by atoms with Gasteiger partial charge in [0.2, 0.25) is 0 Å². The Bertz CT molecular complexity index is 450. The highest BCUT2D eigenvalue weighted by Crippen LogP contribution is 2.34. The lowest BCUT2D eigenvalue weighted by Gasteiger charge is -2.37. The summed E-state index contributed by atoms with van der Waals surface area (Å²) in [4.78, 5) is 18.2. The number of ether oxygens (including phenoxy) is 1. The van der Waals surface area contributed by atoms with Crippen LogP contribution in [0.3, 0.4) is 0 Å². The van der Waals surface area contributed by atoms with Gasteiger partial charge in [0.25, 0.3) is 0 Å². The second-order valence-electron chi connectivity index (χ2n) is 4.83. The van der Waals surface area contributed by atoms with E-state index in [4.69, 9.17) is 14.5 Å². The molecule has 2 atom stereocenters. The van der Waals surface area contributed by atoms with E-state index in [9.17, 15) is 4.57 Å². The van der Waals surface area contributed by atoms with Gasteiger partial charge in [-0.05, 0) is 26.5 Å². The fraction of sp³-hybridized carbons (Fsp3) is 0.571. The van der Waals surface area contributed by atoms with Crippen molar-refractivity contribution < 1.29 is 23.6 Å². The second kappa shape index (κ2) is 8.63. The quantitative estimate of drug-likeness (QED) is 0.832. The molecular formula is C14H24NO5P. The van der Waals surface area contributed by atoms with Crippen molar-refractivity contribution in [3.63, 3.8) is 0 Å². The highest BCUT2D eigenvalue weighted by Gasteiger charge is 2.27. The molecule has 2 rings (SSSR count). The van der Waals surface area contributed by atoms with E-state index in [2.05, 4.69) is 47.7 Å². The molecule has 1 aromatic carbocycles. The van der Waals surface area contributed by atoms with Gasteiger partial charge >= 0.3 is 7.82 Å². The Morgan fingerprint density at radius 1 is 1.38 bits per heavy atom. The number of morpholine rings is 1. The van der Waals surface area contributed by atoms with Crippen molar-refractivity contribution in [3.8, 4) is 0 Å². The minimum Gasteiger partial charge on any atom is -0.371 e. The average molecular weight is 317 g/mol. The maximum Gasteiger partial charge on any atom is 0.469 e. The summed E-state index contributed by atoms with van der Waals surface area (Å²) in [6.45, 7) is 5.64. The predicted octanol–water partition coefficient (Wildman–Crippen LogP) is 2.19. The van der Waals surface area contributed by atoms with Crippen LogP contribution in [0.15, 0.2) is 30.3 Å². The summed E-state index contributed by atoms with van der Waals surface area (Å²) in [6.07, 6.45) is 0.231. The molecule has 120 valence electrons. The first-order chi connectivity index (χ1) is 9.85. The lowest BCUT2D eigenvalue weighted by Crippen LogP contribution is -2.42. The van der Waals surface area contributed by atoms with Crippen molar-refractivity contribution in [3.05, 3.63) is 35.9 Å². The Balaban J connectivity index is 0.000000270. The molecule has 0 saturated carbocycles. The van der Waals surface area contributed by atoms with Gasteiger partial charge in [-0.25, -0.2) is 4.57 Å². The van der Waals surface area contributed by atoms with E-state index in [1.807, 2.05) is 6.07 Å². The first-order valence-electron chi connectivity index (χ1n) is 6.92.